The van der Waals surface area contributed by atoms with Gasteiger partial charge in [-0.05, 0) is 25.1 Å². The summed E-state index contributed by atoms with van der Waals surface area (Å²) in [5, 5.41) is 29.6. The molecule has 0 heterocycles. The van der Waals surface area contributed by atoms with Gasteiger partial charge in [-0.1, -0.05) is 29.3 Å². The van der Waals surface area contributed by atoms with Crippen LogP contribution in [0.5, 0.6) is 0 Å². The van der Waals surface area contributed by atoms with E-state index in [1.165, 1.54) is 42.0 Å². The van der Waals surface area contributed by atoms with Gasteiger partial charge in [-0.25, -0.2) is 10.9 Å². The third kappa shape index (κ3) is 7.67. The van der Waals surface area contributed by atoms with Crippen LogP contribution in [0.2, 0.25) is 5.02 Å². The molecule has 11 nitrogen and oxygen atoms in total. The molecule has 0 aromatic heterocycles. The third-order valence-electron chi connectivity index (χ3n) is 3.00. The summed E-state index contributed by atoms with van der Waals surface area (Å²) in [4.78, 5) is 9.89. The summed E-state index contributed by atoms with van der Waals surface area (Å²) in [6.45, 7) is 1.84. The maximum atomic E-state index is 10.5. The number of nitro groups is 1. The lowest BCUT2D eigenvalue weighted by molar-refractivity contribution is -0.384. The molecule has 0 fully saturated rings. The number of rotatable bonds is 4. The predicted octanol–water partition coefficient (Wildman–Crippen LogP) is 2.33. The zero-order chi connectivity index (χ0) is 21.3. The van der Waals surface area contributed by atoms with E-state index in [1.807, 2.05) is 6.92 Å². The predicted molar refractivity (Wildman–Crippen MR) is 102 cm³/mol. The summed E-state index contributed by atoms with van der Waals surface area (Å²) in [6, 6.07) is 9.87. The first kappa shape index (κ1) is 23.0. The summed E-state index contributed by atoms with van der Waals surface area (Å²) in [5.74, 6) is -0.442. The molecule has 0 aliphatic heterocycles. The van der Waals surface area contributed by atoms with Crippen molar-refractivity contribution in [2.24, 2.45) is 5.10 Å². The Bertz CT molecular complexity index is 979. The van der Waals surface area contributed by atoms with Crippen LogP contribution in [0.25, 0.3) is 0 Å². The molecule has 0 unspecified atom stereocenters. The molecule has 0 aliphatic rings. The maximum absolute atomic E-state index is 10.5. The van der Waals surface area contributed by atoms with Crippen LogP contribution in [0.15, 0.2) is 52.5 Å². The standard InChI is InChI=1S/C8H8ClN5O3.C7H8O3S/c9-7-2-1-6(14(16)17)3-5(7)4-11-12-8(10)13-15;1-6-2-4-7(5-3-6)11(8,9)10/h1-4,15H,(H3,10,12,13);2-5H,1H3,(H,8,9,10)/b11-4+;. The van der Waals surface area contributed by atoms with E-state index >= 15 is 0 Å². The second-order valence-corrected chi connectivity index (χ2v) is 6.94. The Labute approximate surface area is 165 Å². The molecule has 0 amide bonds. The van der Waals surface area contributed by atoms with Gasteiger partial charge in [0.05, 0.1) is 16.0 Å². The van der Waals surface area contributed by atoms with Crippen molar-refractivity contribution >= 4 is 39.6 Å². The highest BCUT2D eigenvalue weighted by Crippen LogP contribution is 2.20. The summed E-state index contributed by atoms with van der Waals surface area (Å²) < 4.78 is 29.6. The normalized spacial score (nSPS) is 10.7. The molecule has 0 atom stereocenters. The fourth-order valence-electron chi connectivity index (χ4n) is 1.65. The van der Waals surface area contributed by atoms with Gasteiger partial charge in [0.1, 0.15) is 0 Å². The molecule has 0 saturated heterocycles. The molecule has 0 bridgehead atoms. The number of benzene rings is 2. The SMILES string of the molecule is Cc1ccc(S(=O)(=O)O)cc1.N=C(NO)N/N=C/c1cc([N+](=O)[O-])ccc1Cl. The number of hydrogen-bond acceptors (Lipinski definition) is 7. The van der Waals surface area contributed by atoms with Crippen molar-refractivity contribution in [3.63, 3.8) is 0 Å². The van der Waals surface area contributed by atoms with Gasteiger partial charge in [0.15, 0.2) is 0 Å². The van der Waals surface area contributed by atoms with Crippen molar-refractivity contribution in [2.45, 2.75) is 11.8 Å². The van der Waals surface area contributed by atoms with Crippen LogP contribution in [0.3, 0.4) is 0 Å². The van der Waals surface area contributed by atoms with Crippen LogP contribution in [-0.4, -0.2) is 35.3 Å². The van der Waals surface area contributed by atoms with Crippen molar-refractivity contribution in [1.82, 2.24) is 10.9 Å². The van der Waals surface area contributed by atoms with Crippen LogP contribution < -0.4 is 10.9 Å². The minimum atomic E-state index is -4.02. The average molecular weight is 430 g/mol. The lowest BCUT2D eigenvalue weighted by atomic mass is 10.2. The third-order valence-corrected chi connectivity index (χ3v) is 4.21. The quantitative estimate of drug-likeness (QED) is 0.161. The minimum absolute atomic E-state index is 0.0666. The first-order valence-corrected chi connectivity index (χ1v) is 9.12. The number of aryl methyl sites for hydroxylation is 1. The number of non-ortho nitro benzene ring substituents is 1. The topological polar surface area (TPSA) is 178 Å². The van der Waals surface area contributed by atoms with Gasteiger partial charge in [-0.15, -0.1) is 0 Å². The molecule has 2 aromatic rings. The molecule has 2 aromatic carbocycles. The highest BCUT2D eigenvalue weighted by molar-refractivity contribution is 7.85. The molecule has 13 heteroatoms. The number of nitrogens with one attached hydrogen (secondary N) is 3. The minimum Gasteiger partial charge on any atom is -0.288 e. The Morgan fingerprint density at radius 1 is 1.29 bits per heavy atom. The Balaban J connectivity index is 0.000000307. The molecule has 28 heavy (non-hydrogen) atoms. The Kier molecular flexibility index (Phi) is 8.47. The molecular formula is C15H16ClN5O6S. The first-order chi connectivity index (χ1) is 13.0. The maximum Gasteiger partial charge on any atom is 0.294 e. The van der Waals surface area contributed by atoms with E-state index < -0.39 is 21.0 Å². The molecule has 5 N–H and O–H groups in total. The van der Waals surface area contributed by atoms with Crippen LogP contribution >= 0.6 is 11.6 Å². The monoisotopic (exact) mass is 429 g/mol. The van der Waals surface area contributed by atoms with Gasteiger partial charge in [-0.2, -0.15) is 13.5 Å². The zero-order valence-corrected chi connectivity index (χ0v) is 15.9. The van der Waals surface area contributed by atoms with Crippen molar-refractivity contribution in [3.8, 4) is 0 Å². The van der Waals surface area contributed by atoms with Crippen LogP contribution in [0, 0.1) is 22.4 Å². The number of hydrogen-bond donors (Lipinski definition) is 5. The number of hydroxylamine groups is 1. The number of nitrogens with zero attached hydrogens (tertiary/aromatic N) is 2. The van der Waals surface area contributed by atoms with Gasteiger partial charge in [0.25, 0.3) is 15.8 Å². The smallest absolute Gasteiger partial charge is 0.288 e. The van der Waals surface area contributed by atoms with Gasteiger partial charge in [-0.3, -0.25) is 25.3 Å². The van der Waals surface area contributed by atoms with E-state index in [0.717, 1.165) is 5.56 Å². The highest BCUT2D eigenvalue weighted by Gasteiger charge is 2.08. The summed E-state index contributed by atoms with van der Waals surface area (Å²) in [7, 11) is -4.02. The fraction of sp³-hybridized carbons (Fsp3) is 0.0667. The van der Waals surface area contributed by atoms with Crippen molar-refractivity contribution in [2.75, 3.05) is 0 Å². The van der Waals surface area contributed by atoms with Gasteiger partial charge >= 0.3 is 0 Å². The highest BCUT2D eigenvalue weighted by atomic mass is 35.5. The molecule has 2 rings (SSSR count). The molecule has 0 radical (unpaired) electrons. The lowest BCUT2D eigenvalue weighted by Gasteiger charge is -2.00. The van der Waals surface area contributed by atoms with Crippen LogP contribution in [0.4, 0.5) is 5.69 Å². The van der Waals surface area contributed by atoms with E-state index in [9.17, 15) is 18.5 Å². The van der Waals surface area contributed by atoms with E-state index in [4.69, 9.17) is 26.8 Å². The Morgan fingerprint density at radius 2 is 1.89 bits per heavy atom. The lowest BCUT2D eigenvalue weighted by Crippen LogP contribution is -2.30. The molecule has 0 saturated carbocycles. The second kappa shape index (κ2) is 10.3. The summed E-state index contributed by atoms with van der Waals surface area (Å²) in [5.41, 5.74) is 4.79. The zero-order valence-electron chi connectivity index (χ0n) is 14.3. The van der Waals surface area contributed by atoms with E-state index in [-0.39, 0.29) is 15.6 Å². The average Bonchev–Trinajstić information content (AvgIpc) is 2.63. The van der Waals surface area contributed by atoms with Crippen molar-refractivity contribution in [1.29, 1.82) is 5.41 Å². The molecule has 150 valence electrons. The van der Waals surface area contributed by atoms with Gasteiger partial charge < -0.3 is 0 Å². The van der Waals surface area contributed by atoms with Crippen molar-refractivity contribution in [3.05, 3.63) is 68.7 Å². The number of hydrazone groups is 1. The Hall–Kier alpha value is -3.06. The number of nitro benzene ring substituents is 1. The largest absolute Gasteiger partial charge is 0.294 e. The molecular weight excluding hydrogens is 414 g/mol. The second-order valence-electron chi connectivity index (χ2n) is 5.11. The first-order valence-electron chi connectivity index (χ1n) is 7.30. The van der Waals surface area contributed by atoms with Gasteiger partial charge in [0, 0.05) is 22.7 Å². The number of halogens is 1. The van der Waals surface area contributed by atoms with E-state index in [2.05, 4.69) is 10.5 Å². The fourth-order valence-corrected chi connectivity index (χ4v) is 2.29. The summed E-state index contributed by atoms with van der Waals surface area (Å²) >= 11 is 5.79. The van der Waals surface area contributed by atoms with Crippen molar-refractivity contribution < 1.29 is 23.1 Å². The molecule has 0 aliphatic carbocycles. The van der Waals surface area contributed by atoms with Crippen LogP contribution in [-0.2, 0) is 10.1 Å². The van der Waals surface area contributed by atoms with E-state index in [1.54, 1.807) is 12.1 Å². The number of guanidine groups is 1. The van der Waals surface area contributed by atoms with Crippen LogP contribution in [0.1, 0.15) is 11.1 Å². The van der Waals surface area contributed by atoms with E-state index in [0.29, 0.717) is 5.56 Å². The Morgan fingerprint density at radius 3 is 2.39 bits per heavy atom. The van der Waals surface area contributed by atoms with Gasteiger partial charge in [0.2, 0.25) is 5.96 Å². The molecule has 0 spiro atoms. The summed E-state index contributed by atoms with van der Waals surface area (Å²) in [6.07, 6.45) is 1.20.